The van der Waals surface area contributed by atoms with E-state index >= 15 is 0 Å². The van der Waals surface area contributed by atoms with Crippen molar-refractivity contribution in [3.05, 3.63) is 12.7 Å². The predicted molar refractivity (Wildman–Crippen MR) is 77.7 cm³/mol. The van der Waals surface area contributed by atoms with E-state index in [-0.39, 0.29) is 30.1 Å². The molecule has 0 radical (unpaired) electrons. The number of hydrogen-bond donors (Lipinski definition) is 2. The van der Waals surface area contributed by atoms with Gasteiger partial charge < -0.3 is 15.8 Å². The summed E-state index contributed by atoms with van der Waals surface area (Å²) in [4.78, 5) is 11.5. The maximum Gasteiger partial charge on any atom is 0.217 e. The average molecular weight is 268 g/mol. The Morgan fingerprint density at radius 3 is 2.42 bits per heavy atom. The average Bonchev–Trinajstić information content (AvgIpc) is 2.53. The van der Waals surface area contributed by atoms with Crippen LogP contribution in [0.1, 0.15) is 41.0 Å². The fourth-order valence-corrected chi connectivity index (χ4v) is 2.95. The fourth-order valence-electron chi connectivity index (χ4n) is 2.95. The van der Waals surface area contributed by atoms with E-state index in [4.69, 9.17) is 10.5 Å². The van der Waals surface area contributed by atoms with Gasteiger partial charge in [-0.1, -0.05) is 33.8 Å². The highest BCUT2D eigenvalue weighted by atomic mass is 16.5. The van der Waals surface area contributed by atoms with Crippen LogP contribution < -0.4 is 11.1 Å². The molecule has 3 N–H and O–H groups in total. The van der Waals surface area contributed by atoms with Crippen LogP contribution in [0.5, 0.6) is 0 Å². The molecule has 1 aliphatic rings. The molecule has 0 aromatic carbocycles. The molecule has 1 aliphatic heterocycles. The zero-order valence-corrected chi connectivity index (χ0v) is 12.8. The third kappa shape index (κ3) is 3.37. The van der Waals surface area contributed by atoms with Crippen LogP contribution in [0.2, 0.25) is 0 Å². The third-order valence-corrected chi connectivity index (χ3v) is 3.75. The van der Waals surface area contributed by atoms with Gasteiger partial charge in [-0.15, -0.1) is 6.58 Å². The van der Waals surface area contributed by atoms with Gasteiger partial charge in [-0.2, -0.15) is 0 Å². The predicted octanol–water partition coefficient (Wildman–Crippen LogP) is 1.84. The van der Waals surface area contributed by atoms with Gasteiger partial charge >= 0.3 is 0 Å². The number of rotatable bonds is 5. The van der Waals surface area contributed by atoms with Crippen molar-refractivity contribution in [1.29, 1.82) is 0 Å². The molecule has 0 bridgehead atoms. The molecule has 0 unspecified atom stereocenters. The lowest BCUT2D eigenvalue weighted by atomic mass is 9.80. The number of carbonyl (C=O) groups is 1. The minimum Gasteiger partial charge on any atom is -0.370 e. The van der Waals surface area contributed by atoms with E-state index in [0.717, 1.165) is 6.42 Å². The summed E-state index contributed by atoms with van der Waals surface area (Å²) in [5.41, 5.74) is 5.80. The van der Waals surface area contributed by atoms with E-state index < -0.39 is 5.54 Å². The van der Waals surface area contributed by atoms with Crippen LogP contribution in [0.25, 0.3) is 0 Å². The molecule has 19 heavy (non-hydrogen) atoms. The highest BCUT2D eigenvalue weighted by Crippen LogP contribution is 2.36. The maximum absolute atomic E-state index is 11.5. The monoisotopic (exact) mass is 268 g/mol. The Labute approximate surface area is 116 Å². The van der Waals surface area contributed by atoms with Crippen molar-refractivity contribution >= 4 is 5.91 Å². The maximum atomic E-state index is 11.5. The lowest BCUT2D eigenvalue weighted by Gasteiger charge is -2.34. The Morgan fingerprint density at radius 1 is 1.47 bits per heavy atom. The summed E-state index contributed by atoms with van der Waals surface area (Å²) >= 11 is 0. The highest BCUT2D eigenvalue weighted by Gasteiger charge is 2.53. The van der Waals surface area contributed by atoms with Crippen LogP contribution >= 0.6 is 0 Å². The molecule has 0 saturated carbocycles. The van der Waals surface area contributed by atoms with Crippen molar-refractivity contribution in [2.75, 3.05) is 0 Å². The van der Waals surface area contributed by atoms with Crippen molar-refractivity contribution in [2.24, 2.45) is 17.6 Å². The van der Waals surface area contributed by atoms with Crippen molar-refractivity contribution in [1.82, 2.24) is 5.32 Å². The first-order valence-electron chi connectivity index (χ1n) is 7.07. The summed E-state index contributed by atoms with van der Waals surface area (Å²) in [5.74, 6) is 0.682. The Balaban J connectivity index is 3.06. The van der Waals surface area contributed by atoms with E-state index in [1.54, 1.807) is 6.08 Å². The second-order valence-corrected chi connectivity index (χ2v) is 6.35. The summed E-state index contributed by atoms with van der Waals surface area (Å²) in [6.45, 7) is 13.8. The molecule has 0 spiro atoms. The van der Waals surface area contributed by atoms with Gasteiger partial charge in [0.05, 0.1) is 23.8 Å². The molecular formula is C15H28N2O2. The first kappa shape index (κ1) is 16.2. The van der Waals surface area contributed by atoms with Gasteiger partial charge in [-0.25, -0.2) is 0 Å². The number of ether oxygens (including phenoxy) is 1. The van der Waals surface area contributed by atoms with Crippen molar-refractivity contribution in [3.8, 4) is 0 Å². The van der Waals surface area contributed by atoms with E-state index in [1.807, 2.05) is 0 Å². The van der Waals surface area contributed by atoms with E-state index in [1.165, 1.54) is 6.92 Å². The Hall–Kier alpha value is -0.870. The number of carbonyl (C=O) groups excluding carboxylic acids is 1. The zero-order valence-electron chi connectivity index (χ0n) is 12.8. The first-order valence-corrected chi connectivity index (χ1v) is 7.07. The van der Waals surface area contributed by atoms with Crippen molar-refractivity contribution in [3.63, 3.8) is 0 Å². The summed E-state index contributed by atoms with van der Waals surface area (Å²) < 4.78 is 6.14. The zero-order chi connectivity index (χ0) is 14.8. The summed E-state index contributed by atoms with van der Waals surface area (Å²) in [6.07, 6.45) is 2.43. The summed E-state index contributed by atoms with van der Waals surface area (Å²) in [7, 11) is 0. The molecular weight excluding hydrogens is 240 g/mol. The molecule has 1 heterocycles. The minimum atomic E-state index is -0.709. The molecule has 0 aliphatic carbocycles. The second kappa shape index (κ2) is 6.06. The number of amides is 1. The van der Waals surface area contributed by atoms with Gasteiger partial charge in [-0.05, 0) is 18.3 Å². The second-order valence-electron chi connectivity index (χ2n) is 6.35. The third-order valence-electron chi connectivity index (χ3n) is 3.75. The van der Waals surface area contributed by atoms with Crippen LogP contribution in [0.3, 0.4) is 0 Å². The molecule has 1 saturated heterocycles. The molecule has 4 nitrogen and oxygen atoms in total. The summed E-state index contributed by atoms with van der Waals surface area (Å²) in [6, 6.07) is -0.211. The lowest BCUT2D eigenvalue weighted by Crippen LogP contribution is -2.62. The molecule has 4 heteroatoms. The molecule has 110 valence electrons. The SMILES string of the molecule is C=C[C@]1(N)[C@H](C(C)C)O[C@H](CC(C)C)[C@@H]1NC(C)=O. The van der Waals surface area contributed by atoms with Crippen molar-refractivity contribution < 1.29 is 9.53 Å². The molecule has 1 fully saturated rings. The van der Waals surface area contributed by atoms with Crippen LogP contribution in [0, 0.1) is 11.8 Å². The Kier molecular flexibility index (Phi) is 5.16. The lowest BCUT2D eigenvalue weighted by molar-refractivity contribution is -0.120. The van der Waals surface area contributed by atoms with E-state index in [9.17, 15) is 4.79 Å². The number of nitrogens with one attached hydrogen (secondary N) is 1. The van der Waals surface area contributed by atoms with E-state index in [2.05, 4.69) is 39.6 Å². The van der Waals surface area contributed by atoms with Gasteiger partial charge in [-0.3, -0.25) is 4.79 Å². The minimum absolute atomic E-state index is 0.0562. The van der Waals surface area contributed by atoms with Gasteiger partial charge in [0.1, 0.15) is 0 Å². The number of hydrogen-bond acceptors (Lipinski definition) is 3. The molecule has 0 aromatic rings. The fraction of sp³-hybridized carbons (Fsp3) is 0.800. The molecule has 0 aromatic heterocycles. The first-order chi connectivity index (χ1) is 8.72. The van der Waals surface area contributed by atoms with Crippen LogP contribution in [-0.2, 0) is 9.53 Å². The molecule has 4 atom stereocenters. The summed E-state index contributed by atoms with van der Waals surface area (Å²) in [5, 5.41) is 2.96. The van der Waals surface area contributed by atoms with Gasteiger partial charge in [0.2, 0.25) is 5.91 Å². The Bertz CT molecular complexity index is 341. The number of nitrogens with two attached hydrogens (primary N) is 1. The van der Waals surface area contributed by atoms with Crippen LogP contribution in [-0.4, -0.2) is 29.7 Å². The van der Waals surface area contributed by atoms with Gasteiger partial charge in [0.15, 0.2) is 0 Å². The van der Waals surface area contributed by atoms with E-state index in [0.29, 0.717) is 5.92 Å². The molecule has 1 amide bonds. The van der Waals surface area contributed by atoms with Gasteiger partial charge in [0.25, 0.3) is 0 Å². The van der Waals surface area contributed by atoms with Crippen LogP contribution in [0.4, 0.5) is 0 Å². The standard InChI is InChI=1S/C15H28N2O2/c1-7-15(16)13(17-11(6)18)12(8-9(2)3)19-14(15)10(4)5/h7,9-10,12-14H,1,8,16H2,2-6H3,(H,17,18)/t12-,13+,14+,15-/m1/s1. The highest BCUT2D eigenvalue weighted by molar-refractivity contribution is 5.73. The topological polar surface area (TPSA) is 64.3 Å². The largest absolute Gasteiger partial charge is 0.370 e. The van der Waals surface area contributed by atoms with Crippen LogP contribution in [0.15, 0.2) is 12.7 Å². The smallest absolute Gasteiger partial charge is 0.217 e. The van der Waals surface area contributed by atoms with Gasteiger partial charge in [0, 0.05) is 6.92 Å². The van der Waals surface area contributed by atoms with Crippen molar-refractivity contribution in [2.45, 2.75) is 64.8 Å². The molecule has 1 rings (SSSR count). The Morgan fingerprint density at radius 2 is 2.05 bits per heavy atom. The quantitative estimate of drug-likeness (QED) is 0.748. The normalized spacial score (nSPS) is 34.8.